The van der Waals surface area contributed by atoms with E-state index in [9.17, 15) is 0 Å². The van der Waals surface area contributed by atoms with Gasteiger partial charge in [-0.2, -0.15) is 0 Å². The van der Waals surface area contributed by atoms with Gasteiger partial charge in [0.25, 0.3) is 0 Å². The number of pyridine rings is 1. The average Bonchev–Trinajstić information content (AvgIpc) is 2.24. The van der Waals surface area contributed by atoms with E-state index in [-0.39, 0.29) is 0 Å². The summed E-state index contributed by atoms with van der Waals surface area (Å²) in [4.78, 5) is 4.30. The van der Waals surface area contributed by atoms with Crippen molar-refractivity contribution in [3.8, 4) is 0 Å². The second-order valence-electron chi connectivity index (χ2n) is 5.70. The molecular formula is C14H24N2. The minimum absolute atomic E-state index is 0.431. The Morgan fingerprint density at radius 2 is 2.06 bits per heavy atom. The molecule has 1 unspecified atom stereocenters. The highest BCUT2D eigenvalue weighted by Crippen LogP contribution is 2.21. The van der Waals surface area contributed by atoms with Crippen molar-refractivity contribution >= 4 is 0 Å². The molecule has 1 N–H and O–H groups in total. The molecule has 0 amide bonds. The molecule has 0 aliphatic heterocycles. The Labute approximate surface area is 99.5 Å². The van der Waals surface area contributed by atoms with Crippen molar-refractivity contribution < 1.29 is 0 Å². The van der Waals surface area contributed by atoms with E-state index >= 15 is 0 Å². The summed E-state index contributed by atoms with van der Waals surface area (Å²) in [6, 6.07) is 6.60. The molecule has 1 aromatic heterocycles. The van der Waals surface area contributed by atoms with Gasteiger partial charge in [-0.25, -0.2) is 0 Å². The Hall–Kier alpha value is -0.890. The van der Waals surface area contributed by atoms with Crippen LogP contribution in [0, 0.1) is 5.41 Å². The number of nitrogens with zero attached hydrogens (tertiary/aromatic N) is 1. The number of aromatic nitrogens is 1. The van der Waals surface area contributed by atoms with Gasteiger partial charge >= 0.3 is 0 Å². The predicted molar refractivity (Wildman–Crippen MR) is 69.2 cm³/mol. The zero-order valence-corrected chi connectivity index (χ0v) is 11.0. The van der Waals surface area contributed by atoms with Crippen LogP contribution in [0.4, 0.5) is 0 Å². The Morgan fingerprint density at radius 3 is 2.62 bits per heavy atom. The fourth-order valence-electron chi connectivity index (χ4n) is 1.53. The van der Waals surface area contributed by atoms with Crippen molar-refractivity contribution in [2.24, 2.45) is 5.41 Å². The van der Waals surface area contributed by atoms with E-state index in [0.717, 1.165) is 12.2 Å². The van der Waals surface area contributed by atoms with E-state index in [1.54, 1.807) is 0 Å². The molecule has 1 aromatic rings. The number of hydrogen-bond acceptors (Lipinski definition) is 2. The molecule has 0 radical (unpaired) electrons. The molecular weight excluding hydrogens is 196 g/mol. The molecule has 0 fully saturated rings. The Morgan fingerprint density at radius 1 is 1.31 bits per heavy atom. The van der Waals surface area contributed by atoms with Gasteiger partial charge in [0, 0.05) is 18.8 Å². The van der Waals surface area contributed by atoms with Gasteiger partial charge < -0.3 is 5.32 Å². The summed E-state index contributed by atoms with van der Waals surface area (Å²) in [5, 5.41) is 3.51. The minimum atomic E-state index is 0.431. The van der Waals surface area contributed by atoms with Crippen LogP contribution < -0.4 is 5.32 Å². The molecule has 90 valence electrons. The molecule has 2 nitrogen and oxygen atoms in total. The normalized spacial score (nSPS) is 13.8. The lowest BCUT2D eigenvalue weighted by Crippen LogP contribution is -2.27. The van der Waals surface area contributed by atoms with Crippen molar-refractivity contribution in [3.63, 3.8) is 0 Å². The van der Waals surface area contributed by atoms with E-state index in [1.165, 1.54) is 12.8 Å². The molecule has 16 heavy (non-hydrogen) atoms. The third-order valence-corrected chi connectivity index (χ3v) is 2.69. The molecule has 1 atom stereocenters. The summed E-state index contributed by atoms with van der Waals surface area (Å²) in [5.41, 5.74) is 1.55. The van der Waals surface area contributed by atoms with Gasteiger partial charge in [-0.3, -0.25) is 4.98 Å². The van der Waals surface area contributed by atoms with Crippen LogP contribution in [0.1, 0.15) is 46.2 Å². The molecule has 2 heteroatoms. The van der Waals surface area contributed by atoms with Gasteiger partial charge in [0.1, 0.15) is 0 Å². The van der Waals surface area contributed by atoms with Crippen molar-refractivity contribution in [2.75, 3.05) is 0 Å². The van der Waals surface area contributed by atoms with Crippen LogP contribution in [-0.4, -0.2) is 11.0 Å². The lowest BCUT2D eigenvalue weighted by atomic mass is 9.89. The molecule has 0 saturated heterocycles. The molecule has 0 aliphatic carbocycles. The molecule has 0 aromatic carbocycles. The van der Waals surface area contributed by atoms with Gasteiger partial charge in [-0.05, 0) is 37.3 Å². The van der Waals surface area contributed by atoms with Crippen LogP contribution >= 0.6 is 0 Å². The largest absolute Gasteiger partial charge is 0.309 e. The Kier molecular flexibility index (Phi) is 4.94. The highest BCUT2D eigenvalue weighted by molar-refractivity contribution is 5.03. The SMILES string of the molecule is CC(CCC(C)(C)C)NCc1ccccn1. The van der Waals surface area contributed by atoms with Crippen LogP contribution in [-0.2, 0) is 6.54 Å². The fraction of sp³-hybridized carbons (Fsp3) is 0.643. The third-order valence-electron chi connectivity index (χ3n) is 2.69. The van der Waals surface area contributed by atoms with Crippen molar-refractivity contribution in [2.45, 2.75) is 53.1 Å². The summed E-state index contributed by atoms with van der Waals surface area (Å²) < 4.78 is 0. The zero-order chi connectivity index (χ0) is 12.0. The lowest BCUT2D eigenvalue weighted by Gasteiger charge is -2.21. The summed E-state index contributed by atoms with van der Waals surface area (Å²) in [7, 11) is 0. The standard InChI is InChI=1S/C14H24N2/c1-12(8-9-14(2,3)4)16-11-13-7-5-6-10-15-13/h5-7,10,12,16H,8-9,11H2,1-4H3. The van der Waals surface area contributed by atoms with Gasteiger partial charge in [0.2, 0.25) is 0 Å². The quantitative estimate of drug-likeness (QED) is 0.822. The molecule has 0 bridgehead atoms. The minimum Gasteiger partial charge on any atom is -0.309 e. The van der Waals surface area contributed by atoms with Gasteiger partial charge in [0.05, 0.1) is 5.69 Å². The van der Waals surface area contributed by atoms with Gasteiger partial charge in [-0.1, -0.05) is 26.8 Å². The van der Waals surface area contributed by atoms with E-state index in [2.05, 4.69) is 44.1 Å². The average molecular weight is 220 g/mol. The maximum absolute atomic E-state index is 4.30. The zero-order valence-electron chi connectivity index (χ0n) is 11.0. The summed E-state index contributed by atoms with van der Waals surface area (Å²) >= 11 is 0. The first-order valence-electron chi connectivity index (χ1n) is 6.11. The number of nitrogens with one attached hydrogen (secondary N) is 1. The molecule has 0 saturated carbocycles. The molecule has 1 rings (SSSR count). The Balaban J connectivity index is 2.23. The van der Waals surface area contributed by atoms with Gasteiger partial charge in [0.15, 0.2) is 0 Å². The van der Waals surface area contributed by atoms with Crippen LogP contribution in [0.25, 0.3) is 0 Å². The third kappa shape index (κ3) is 5.86. The Bertz CT molecular complexity index is 287. The van der Waals surface area contributed by atoms with Crippen LogP contribution in [0.15, 0.2) is 24.4 Å². The highest BCUT2D eigenvalue weighted by Gasteiger charge is 2.12. The fourth-order valence-corrected chi connectivity index (χ4v) is 1.53. The number of hydrogen-bond donors (Lipinski definition) is 1. The van der Waals surface area contributed by atoms with E-state index < -0.39 is 0 Å². The second-order valence-corrected chi connectivity index (χ2v) is 5.70. The first kappa shape index (κ1) is 13.2. The first-order chi connectivity index (χ1) is 7.47. The maximum atomic E-state index is 4.30. The second kappa shape index (κ2) is 6.00. The van der Waals surface area contributed by atoms with Crippen molar-refractivity contribution in [1.82, 2.24) is 10.3 Å². The van der Waals surface area contributed by atoms with E-state index in [0.29, 0.717) is 11.5 Å². The van der Waals surface area contributed by atoms with Crippen molar-refractivity contribution in [1.29, 1.82) is 0 Å². The smallest absolute Gasteiger partial charge is 0.0541 e. The summed E-state index contributed by atoms with van der Waals surface area (Å²) in [5.74, 6) is 0. The topological polar surface area (TPSA) is 24.9 Å². The van der Waals surface area contributed by atoms with E-state index in [1.807, 2.05) is 18.3 Å². The van der Waals surface area contributed by atoms with Crippen LogP contribution in [0.2, 0.25) is 0 Å². The van der Waals surface area contributed by atoms with Crippen LogP contribution in [0.3, 0.4) is 0 Å². The highest BCUT2D eigenvalue weighted by atomic mass is 14.9. The van der Waals surface area contributed by atoms with Crippen LogP contribution in [0.5, 0.6) is 0 Å². The summed E-state index contributed by atoms with van der Waals surface area (Å²) in [6.45, 7) is 9.98. The molecule has 0 aliphatic rings. The van der Waals surface area contributed by atoms with E-state index in [4.69, 9.17) is 0 Å². The monoisotopic (exact) mass is 220 g/mol. The van der Waals surface area contributed by atoms with Crippen molar-refractivity contribution in [3.05, 3.63) is 30.1 Å². The molecule has 1 heterocycles. The van der Waals surface area contributed by atoms with Gasteiger partial charge in [-0.15, -0.1) is 0 Å². The lowest BCUT2D eigenvalue weighted by molar-refractivity contribution is 0.336. The molecule has 0 spiro atoms. The first-order valence-corrected chi connectivity index (χ1v) is 6.11. The predicted octanol–water partition coefficient (Wildman–Crippen LogP) is 3.39. The maximum Gasteiger partial charge on any atom is 0.0541 e. The number of rotatable bonds is 5. The summed E-state index contributed by atoms with van der Waals surface area (Å²) in [6.07, 6.45) is 4.32.